The molecule has 3 aromatic rings. The van der Waals surface area contributed by atoms with Crippen molar-refractivity contribution in [1.29, 1.82) is 0 Å². The van der Waals surface area contributed by atoms with Gasteiger partial charge in [-0.15, -0.1) is 0 Å². The van der Waals surface area contributed by atoms with Gasteiger partial charge in [0.25, 0.3) is 5.91 Å². The summed E-state index contributed by atoms with van der Waals surface area (Å²) >= 11 is 0. The number of carbonyl (C=O) groups excluding carboxylic acids is 1. The number of benzene rings is 1. The van der Waals surface area contributed by atoms with Crippen LogP contribution in [-0.2, 0) is 13.9 Å². The van der Waals surface area contributed by atoms with Crippen molar-refractivity contribution in [1.82, 2.24) is 15.0 Å². The summed E-state index contributed by atoms with van der Waals surface area (Å²) in [5, 5.41) is 5.24. The first-order chi connectivity index (χ1) is 21.8. The third kappa shape index (κ3) is 6.15. The summed E-state index contributed by atoms with van der Waals surface area (Å²) in [6.07, 6.45) is -0.870. The Balaban J connectivity index is 1.75. The Morgan fingerprint density at radius 3 is 2.45 bits per heavy atom. The van der Waals surface area contributed by atoms with Crippen LogP contribution in [-0.4, -0.2) is 64.3 Å². The second-order valence-corrected chi connectivity index (χ2v) is 9.01. The zero-order chi connectivity index (χ0) is 35.1. The van der Waals surface area contributed by atoms with Gasteiger partial charge in [0.1, 0.15) is 12.5 Å². The first kappa shape index (κ1) is 20.6. The van der Waals surface area contributed by atoms with E-state index in [1.807, 2.05) is 0 Å². The van der Waals surface area contributed by atoms with E-state index in [-0.39, 0.29) is 39.6 Å². The molecule has 0 spiro atoms. The quantitative estimate of drug-likeness (QED) is 0.253. The molecule has 17 heteroatoms. The number of carbonyl (C=O) groups is 1. The topological polar surface area (TPSA) is 187 Å². The van der Waals surface area contributed by atoms with Crippen LogP contribution in [0.5, 0.6) is 23.0 Å². The van der Waals surface area contributed by atoms with E-state index < -0.39 is 69.1 Å². The van der Waals surface area contributed by atoms with Crippen molar-refractivity contribution in [2.75, 3.05) is 43.6 Å². The monoisotopic (exact) mass is 587 g/mol. The van der Waals surface area contributed by atoms with Crippen molar-refractivity contribution in [3.8, 4) is 23.0 Å². The Bertz CT molecular complexity index is 1710. The van der Waals surface area contributed by atoms with E-state index in [9.17, 15) is 19.1 Å². The molecule has 0 saturated carbocycles. The Kier molecular flexibility index (Phi) is 5.72. The number of fused-ring (bicyclic) bond motifs is 1. The van der Waals surface area contributed by atoms with Crippen LogP contribution in [0.3, 0.4) is 0 Å². The van der Waals surface area contributed by atoms with Crippen LogP contribution in [0.25, 0.3) is 0 Å². The first-order valence-electron chi connectivity index (χ1n) is 14.4. The van der Waals surface area contributed by atoms with Crippen molar-refractivity contribution in [3.63, 3.8) is 0 Å². The number of phosphoric acid groups is 1. The van der Waals surface area contributed by atoms with E-state index in [0.29, 0.717) is 0 Å². The van der Waals surface area contributed by atoms with Gasteiger partial charge in [0.2, 0.25) is 11.7 Å². The molecule has 0 atom stereocenters. The summed E-state index contributed by atoms with van der Waals surface area (Å²) < 4.78 is 107. The molecule has 4 rings (SSSR count). The zero-order valence-corrected chi connectivity index (χ0v) is 21.8. The van der Waals surface area contributed by atoms with Crippen LogP contribution in [0.1, 0.15) is 23.3 Å². The maximum absolute atomic E-state index is 15.0. The molecule has 0 saturated heterocycles. The minimum atomic E-state index is -5.30. The second-order valence-electron chi connectivity index (χ2n) is 7.77. The van der Waals surface area contributed by atoms with E-state index in [1.165, 1.54) is 33.5 Å². The fraction of sp³-hybridized carbons (Fsp3) is 0.304. The van der Waals surface area contributed by atoms with Crippen molar-refractivity contribution in [2.24, 2.45) is 0 Å². The molecule has 4 N–H and O–H groups in total. The van der Waals surface area contributed by atoms with E-state index in [0.717, 1.165) is 12.1 Å². The van der Waals surface area contributed by atoms with Gasteiger partial charge >= 0.3 is 7.82 Å². The van der Waals surface area contributed by atoms with Gasteiger partial charge in [0.05, 0.1) is 28.9 Å². The number of methoxy groups -OCH3 is 3. The van der Waals surface area contributed by atoms with Crippen molar-refractivity contribution < 1.29 is 56.6 Å². The molecule has 0 bridgehead atoms. The molecule has 1 amide bonds. The molecule has 0 unspecified atom stereocenters. The fourth-order valence-electron chi connectivity index (χ4n) is 3.40. The number of amides is 1. The molecule has 214 valence electrons. The molecule has 1 aliphatic heterocycles. The lowest BCUT2D eigenvalue weighted by molar-refractivity contribution is -0.133. The first-order valence-corrected chi connectivity index (χ1v) is 12.4. The summed E-state index contributed by atoms with van der Waals surface area (Å²) in [6, 6.07) is 5.01. The number of halogens is 1. The van der Waals surface area contributed by atoms with E-state index >= 15 is 4.39 Å². The van der Waals surface area contributed by atoms with Crippen LogP contribution in [0.2, 0.25) is 0 Å². The maximum atomic E-state index is 15.0. The number of pyridine rings is 1. The van der Waals surface area contributed by atoms with Crippen LogP contribution >= 0.6 is 7.82 Å². The molecule has 15 nitrogen and oxygen atoms in total. The van der Waals surface area contributed by atoms with Crippen molar-refractivity contribution >= 4 is 42.8 Å². The second kappa shape index (κ2) is 11.1. The third-order valence-corrected chi connectivity index (χ3v) is 5.56. The predicted molar refractivity (Wildman–Crippen MR) is 139 cm³/mol. The molecular formula is C23H26FN6O9P. The Hall–Kier alpha value is -4.24. The number of hydrogen-bond acceptors (Lipinski definition) is 12. The molecule has 3 heterocycles. The predicted octanol–water partition coefficient (Wildman–Crippen LogP) is 3.09. The maximum Gasteiger partial charge on any atom is 0.471 e. The van der Waals surface area contributed by atoms with E-state index in [4.69, 9.17) is 28.5 Å². The van der Waals surface area contributed by atoms with Gasteiger partial charge in [0.15, 0.2) is 40.3 Å². The highest BCUT2D eigenvalue weighted by atomic mass is 31.2. The number of ether oxygens (including phenoxy) is 4. The molecule has 2 aromatic heterocycles. The number of anilines is 5. The Morgan fingerprint density at radius 1 is 1.15 bits per heavy atom. The van der Waals surface area contributed by atoms with Crippen LogP contribution < -0.4 is 34.5 Å². The lowest BCUT2D eigenvalue weighted by atomic mass is 10.1. The van der Waals surface area contributed by atoms with Gasteiger partial charge in [-0.3, -0.25) is 14.2 Å². The van der Waals surface area contributed by atoms with E-state index in [2.05, 4.69) is 30.1 Å². The summed E-state index contributed by atoms with van der Waals surface area (Å²) in [4.78, 5) is 44.0. The molecule has 0 radical (unpaired) electrons. The molecule has 0 fully saturated rings. The van der Waals surface area contributed by atoms with Gasteiger partial charge in [-0.25, -0.2) is 18.9 Å². The SMILES string of the molecule is [2H]c1nc(Nc2cc(OC)c(OC)c(OC)c2)nc(Nc2ccc3c(n2)N(COP(=O)(O)O)C(=O)C(C([2H])([2H])[2H])(C([2H])([2H])[2H])O3)c1F. The highest BCUT2D eigenvalue weighted by molar-refractivity contribution is 7.46. The summed E-state index contributed by atoms with van der Waals surface area (Å²) in [5.41, 5.74) is -3.24. The number of rotatable bonds is 10. The zero-order valence-electron chi connectivity index (χ0n) is 27.9. The van der Waals surface area contributed by atoms with Gasteiger partial charge in [-0.05, 0) is 25.8 Å². The van der Waals surface area contributed by atoms with Gasteiger partial charge in [-0.2, -0.15) is 4.98 Å². The lowest BCUT2D eigenvalue weighted by Gasteiger charge is -2.37. The highest BCUT2D eigenvalue weighted by Gasteiger charge is 2.42. The van der Waals surface area contributed by atoms with E-state index in [1.54, 1.807) is 0 Å². The number of aromatic nitrogens is 3. The van der Waals surface area contributed by atoms with Crippen LogP contribution in [0, 0.1) is 5.82 Å². The lowest BCUT2D eigenvalue weighted by Crippen LogP contribution is -2.53. The molecule has 0 aliphatic carbocycles. The number of nitrogens with zero attached hydrogens (tertiary/aromatic N) is 4. The molecule has 1 aromatic carbocycles. The number of nitrogens with one attached hydrogen (secondary N) is 2. The number of phosphoric ester groups is 1. The largest absolute Gasteiger partial charge is 0.493 e. The third-order valence-electron chi connectivity index (χ3n) is 5.11. The number of hydrogen-bond donors (Lipinski definition) is 4. The van der Waals surface area contributed by atoms with Gasteiger partial charge in [0, 0.05) is 26.0 Å². The minimum Gasteiger partial charge on any atom is -0.493 e. The summed E-state index contributed by atoms with van der Waals surface area (Å²) in [7, 11) is -1.13. The molecular weight excluding hydrogens is 554 g/mol. The smallest absolute Gasteiger partial charge is 0.471 e. The molecule has 1 aliphatic rings. The average molecular weight is 588 g/mol. The fourth-order valence-corrected chi connectivity index (χ4v) is 3.67. The van der Waals surface area contributed by atoms with Gasteiger partial charge < -0.3 is 39.4 Å². The minimum absolute atomic E-state index is 0.254. The van der Waals surface area contributed by atoms with Crippen LogP contribution in [0.15, 0.2) is 30.4 Å². The average Bonchev–Trinajstić information content (AvgIpc) is 2.96. The normalized spacial score (nSPS) is 17.4. The molecule has 40 heavy (non-hydrogen) atoms. The van der Waals surface area contributed by atoms with Crippen molar-refractivity contribution in [2.45, 2.75) is 19.3 Å². The Morgan fingerprint density at radius 2 is 1.85 bits per heavy atom. The summed E-state index contributed by atoms with van der Waals surface area (Å²) in [5.74, 6) is -4.73. The van der Waals surface area contributed by atoms with Gasteiger partial charge in [-0.1, -0.05) is 0 Å². The summed E-state index contributed by atoms with van der Waals surface area (Å²) in [6.45, 7) is -8.61. The standard InChI is InChI=1S/C23H26FN6O9P/c1-23(2)21(31)30(11-38-40(32,33)34)20-14(39-23)6-7-17(28-20)27-19-13(24)10-25-22(29-19)26-12-8-15(35-3)18(37-5)16(9-12)36-4/h6-10H,11H2,1-5H3,(H2,32,33,34)(H2,25,26,27,28,29)/i1D3,2D3,10D. The van der Waals surface area contributed by atoms with Crippen LogP contribution in [0.4, 0.5) is 33.5 Å². The van der Waals surface area contributed by atoms with Crippen molar-refractivity contribution in [3.05, 3.63) is 36.3 Å². The Labute approximate surface area is 237 Å². The highest BCUT2D eigenvalue weighted by Crippen LogP contribution is 2.42.